The number of methoxy groups -OCH3 is 1. The van der Waals surface area contributed by atoms with Crippen molar-refractivity contribution in [2.45, 2.75) is 70.5 Å². The van der Waals surface area contributed by atoms with Crippen molar-refractivity contribution in [3.63, 3.8) is 0 Å². The molecule has 160 valence electrons. The van der Waals surface area contributed by atoms with E-state index in [1.165, 1.54) is 26.2 Å². The van der Waals surface area contributed by atoms with Crippen LogP contribution in [0, 0.1) is 0 Å². The molecule has 0 aromatic heterocycles. The van der Waals surface area contributed by atoms with Gasteiger partial charge in [-0.05, 0) is 31.4 Å². The van der Waals surface area contributed by atoms with Crippen LogP contribution in [0.1, 0.15) is 58.8 Å². The normalized spacial score (nSPS) is 21.4. The van der Waals surface area contributed by atoms with E-state index in [0.29, 0.717) is 12.0 Å². The molecule has 0 bridgehead atoms. The lowest BCUT2D eigenvalue weighted by molar-refractivity contribution is -0.149. The summed E-state index contributed by atoms with van der Waals surface area (Å²) < 4.78 is 10.1. The third-order valence-corrected chi connectivity index (χ3v) is 4.58. The highest BCUT2D eigenvalue weighted by molar-refractivity contribution is 6.09. The van der Waals surface area contributed by atoms with Gasteiger partial charge >= 0.3 is 11.9 Å². The highest BCUT2D eigenvalue weighted by Crippen LogP contribution is 2.34. The second-order valence-corrected chi connectivity index (χ2v) is 7.00. The molecule has 0 aliphatic heterocycles. The molecule has 2 atom stereocenters. The first-order valence-electron chi connectivity index (χ1n) is 10.1. The fourth-order valence-corrected chi connectivity index (χ4v) is 3.02. The Balaban J connectivity index is 2.87. The van der Waals surface area contributed by atoms with Gasteiger partial charge in [0.1, 0.15) is 0 Å². The molecule has 0 amide bonds. The highest BCUT2D eigenvalue weighted by atomic mass is 16.6. The van der Waals surface area contributed by atoms with Crippen molar-refractivity contribution in [2.75, 3.05) is 7.11 Å². The van der Waals surface area contributed by atoms with Gasteiger partial charge in [-0.15, -0.1) is 0 Å². The smallest absolute Gasteiger partial charge is 0.305 e. The fourth-order valence-electron chi connectivity index (χ4n) is 3.02. The number of rotatable bonds is 12. The third-order valence-electron chi connectivity index (χ3n) is 4.58. The summed E-state index contributed by atoms with van der Waals surface area (Å²) in [7, 11) is 1.29. The zero-order chi connectivity index (χ0) is 21.7. The summed E-state index contributed by atoms with van der Waals surface area (Å²) in [5, 5.41) is 9.93. The average Bonchev–Trinajstić information content (AvgIpc) is 2.98. The van der Waals surface area contributed by atoms with E-state index in [1.54, 1.807) is 18.2 Å². The van der Waals surface area contributed by atoms with Gasteiger partial charge in [-0.2, -0.15) is 0 Å². The van der Waals surface area contributed by atoms with Crippen LogP contribution in [0.5, 0.6) is 0 Å². The van der Waals surface area contributed by atoms with Gasteiger partial charge in [0.2, 0.25) is 0 Å². The van der Waals surface area contributed by atoms with Crippen molar-refractivity contribution in [1.82, 2.24) is 0 Å². The van der Waals surface area contributed by atoms with Gasteiger partial charge < -0.3 is 14.6 Å². The molecule has 1 N–H and O–H groups in total. The Morgan fingerprint density at radius 1 is 1.28 bits per heavy atom. The molecule has 0 heterocycles. The van der Waals surface area contributed by atoms with Crippen LogP contribution in [0.25, 0.3) is 0 Å². The minimum atomic E-state index is -1.13. The summed E-state index contributed by atoms with van der Waals surface area (Å²) in [5.74, 6) is -1.11. The third kappa shape index (κ3) is 8.60. The Morgan fingerprint density at radius 2 is 2.03 bits per heavy atom. The Bertz CT molecular complexity index is 685. The molecule has 0 radical (unpaired) electrons. The summed E-state index contributed by atoms with van der Waals surface area (Å²) in [6.07, 6.45) is 15.7. The highest BCUT2D eigenvalue weighted by Gasteiger charge is 2.41. The molecule has 0 aromatic rings. The molecular weight excluding hydrogens is 372 g/mol. The van der Waals surface area contributed by atoms with Crippen molar-refractivity contribution in [3.8, 4) is 0 Å². The van der Waals surface area contributed by atoms with E-state index < -0.39 is 23.6 Å². The van der Waals surface area contributed by atoms with E-state index in [0.717, 1.165) is 25.7 Å². The Labute approximate surface area is 173 Å². The standard InChI is InChI=1S/C23H32O6/c1-4-5-6-7-8-9-16-23(29-18(2)24)17-15-21(26)20(23)12-10-11-19(25)13-14-22(27)28-3/h8-12,15,17,19,25H,4-7,13-14,16H2,1-3H3/b9-8-,11-10-,20-12?/t19-,23-/m0/s1. The summed E-state index contributed by atoms with van der Waals surface area (Å²) in [6.45, 7) is 3.46. The second-order valence-electron chi connectivity index (χ2n) is 7.00. The maximum absolute atomic E-state index is 12.3. The van der Waals surface area contributed by atoms with Crippen LogP contribution < -0.4 is 0 Å². The zero-order valence-corrected chi connectivity index (χ0v) is 17.6. The Hall–Kier alpha value is -2.47. The van der Waals surface area contributed by atoms with Crippen molar-refractivity contribution >= 4 is 17.7 Å². The molecule has 6 nitrogen and oxygen atoms in total. The van der Waals surface area contributed by atoms with E-state index in [4.69, 9.17) is 4.74 Å². The maximum atomic E-state index is 12.3. The molecule has 1 aliphatic rings. The number of ether oxygens (including phenoxy) is 2. The number of allylic oxidation sites excluding steroid dienone is 4. The number of ketones is 1. The predicted octanol–water partition coefficient (Wildman–Crippen LogP) is 3.75. The maximum Gasteiger partial charge on any atom is 0.305 e. The first-order valence-corrected chi connectivity index (χ1v) is 10.1. The van der Waals surface area contributed by atoms with Gasteiger partial charge in [0.15, 0.2) is 11.4 Å². The van der Waals surface area contributed by atoms with E-state index in [1.807, 2.05) is 12.2 Å². The van der Waals surface area contributed by atoms with Gasteiger partial charge in [0, 0.05) is 25.3 Å². The summed E-state index contributed by atoms with van der Waals surface area (Å²) in [6, 6.07) is 0. The SMILES string of the molecule is CCCCC/C=C\C[C@]1(OC(C)=O)C=CC(=O)C1=C/C=C\[C@H](O)CCC(=O)OC. The number of esters is 2. The minimum absolute atomic E-state index is 0.0965. The first kappa shape index (κ1) is 24.6. The van der Waals surface area contributed by atoms with Crippen LogP contribution in [0.15, 0.2) is 48.1 Å². The van der Waals surface area contributed by atoms with E-state index in [-0.39, 0.29) is 18.6 Å². The summed E-state index contributed by atoms with van der Waals surface area (Å²) >= 11 is 0. The van der Waals surface area contributed by atoms with Crippen molar-refractivity contribution < 1.29 is 29.0 Å². The Morgan fingerprint density at radius 3 is 2.69 bits per heavy atom. The second kappa shape index (κ2) is 12.9. The van der Waals surface area contributed by atoms with Crippen LogP contribution in [-0.2, 0) is 23.9 Å². The van der Waals surface area contributed by atoms with Gasteiger partial charge in [-0.3, -0.25) is 14.4 Å². The zero-order valence-electron chi connectivity index (χ0n) is 17.6. The molecular formula is C23H32O6. The van der Waals surface area contributed by atoms with Crippen molar-refractivity contribution in [2.24, 2.45) is 0 Å². The van der Waals surface area contributed by atoms with E-state index >= 15 is 0 Å². The number of carbonyl (C=O) groups is 3. The lowest BCUT2D eigenvalue weighted by Gasteiger charge is -2.27. The minimum Gasteiger partial charge on any atom is -0.469 e. The van der Waals surface area contributed by atoms with Crippen LogP contribution in [0.2, 0.25) is 0 Å². The quantitative estimate of drug-likeness (QED) is 0.231. The topological polar surface area (TPSA) is 89.9 Å². The number of carbonyl (C=O) groups excluding carboxylic acids is 3. The van der Waals surface area contributed by atoms with E-state index in [2.05, 4.69) is 11.7 Å². The van der Waals surface area contributed by atoms with Gasteiger partial charge in [0.25, 0.3) is 0 Å². The molecule has 0 saturated heterocycles. The van der Waals surface area contributed by atoms with Crippen LogP contribution in [0.4, 0.5) is 0 Å². The Kier molecular flexibility index (Phi) is 10.9. The lowest BCUT2D eigenvalue weighted by atomic mass is 9.91. The monoisotopic (exact) mass is 404 g/mol. The van der Waals surface area contributed by atoms with Gasteiger partial charge in [-0.25, -0.2) is 0 Å². The molecule has 0 spiro atoms. The van der Waals surface area contributed by atoms with Crippen LogP contribution >= 0.6 is 0 Å². The molecule has 0 aromatic carbocycles. The number of hydrogen-bond donors (Lipinski definition) is 1. The number of aliphatic hydroxyl groups excluding tert-OH is 1. The summed E-state index contributed by atoms with van der Waals surface area (Å²) in [4.78, 5) is 35.2. The molecule has 1 rings (SSSR count). The fraction of sp³-hybridized carbons (Fsp3) is 0.522. The first-order chi connectivity index (χ1) is 13.8. The number of aliphatic hydroxyl groups is 1. The molecule has 0 fully saturated rings. The average molecular weight is 405 g/mol. The molecule has 0 unspecified atom stereocenters. The molecule has 1 aliphatic carbocycles. The van der Waals surface area contributed by atoms with Gasteiger partial charge in [0.05, 0.1) is 13.2 Å². The van der Waals surface area contributed by atoms with Crippen LogP contribution in [0.3, 0.4) is 0 Å². The van der Waals surface area contributed by atoms with Gasteiger partial charge in [-0.1, -0.05) is 50.1 Å². The number of hydrogen-bond acceptors (Lipinski definition) is 6. The predicted molar refractivity (Wildman–Crippen MR) is 111 cm³/mol. The molecule has 29 heavy (non-hydrogen) atoms. The van der Waals surface area contributed by atoms with Crippen molar-refractivity contribution in [3.05, 3.63) is 48.1 Å². The molecule has 0 saturated carbocycles. The van der Waals surface area contributed by atoms with Crippen molar-refractivity contribution in [1.29, 1.82) is 0 Å². The largest absolute Gasteiger partial charge is 0.469 e. The van der Waals surface area contributed by atoms with E-state index in [9.17, 15) is 19.5 Å². The lowest BCUT2D eigenvalue weighted by Crippen LogP contribution is -2.33. The number of unbranched alkanes of at least 4 members (excludes halogenated alkanes) is 3. The summed E-state index contributed by atoms with van der Waals surface area (Å²) in [5.41, 5.74) is -0.798. The van der Waals surface area contributed by atoms with Crippen LogP contribution in [-0.4, -0.2) is 41.6 Å². The molecule has 6 heteroatoms.